The fraction of sp³-hybridized carbons (Fsp3) is 0.300. The number of ether oxygens (including phenoxy) is 1. The molecule has 0 aliphatic rings. The van der Waals surface area contributed by atoms with E-state index in [4.69, 9.17) is 4.74 Å². The second kappa shape index (κ2) is 5.79. The summed E-state index contributed by atoms with van der Waals surface area (Å²) in [4.78, 5) is 11.6. The van der Waals surface area contributed by atoms with Crippen molar-refractivity contribution in [3.05, 3.63) is 23.8 Å². The molecule has 82 valence electrons. The van der Waals surface area contributed by atoms with E-state index < -0.39 is 0 Å². The molecule has 0 spiro atoms. The molecule has 1 aromatic rings. The van der Waals surface area contributed by atoms with Crippen LogP contribution in [0.2, 0.25) is 0 Å². The van der Waals surface area contributed by atoms with Crippen LogP contribution < -0.4 is 10.1 Å². The van der Waals surface area contributed by atoms with E-state index in [1.54, 1.807) is 6.07 Å². The lowest BCUT2D eigenvalue weighted by Gasteiger charge is -2.07. The van der Waals surface area contributed by atoms with Gasteiger partial charge in [0.2, 0.25) is 0 Å². The molecule has 0 saturated carbocycles. The van der Waals surface area contributed by atoms with Gasteiger partial charge in [-0.25, -0.2) is 0 Å². The molecule has 0 aliphatic heterocycles. The molecule has 0 heterocycles. The molecule has 1 amide bonds. The molecule has 2 N–H and O–H groups in total. The first-order valence-corrected chi connectivity index (χ1v) is 5.92. The second-order valence-electron chi connectivity index (χ2n) is 2.83. The number of rotatable bonds is 4. The Labute approximate surface area is 102 Å². The number of nitrogens with one attached hydrogen (secondary N) is 1. The van der Waals surface area contributed by atoms with Gasteiger partial charge in [0, 0.05) is 11.0 Å². The number of amides is 1. The summed E-state index contributed by atoms with van der Waals surface area (Å²) >= 11 is 2.16. The lowest BCUT2D eigenvalue weighted by molar-refractivity contribution is 0.0953. The molecule has 0 fully saturated rings. The molecule has 5 heteroatoms. The van der Waals surface area contributed by atoms with Crippen molar-refractivity contribution >= 4 is 28.5 Å². The van der Waals surface area contributed by atoms with Gasteiger partial charge in [0.25, 0.3) is 5.91 Å². The molecular weight excluding hydrogens is 309 g/mol. The Morgan fingerprint density at radius 2 is 2.33 bits per heavy atom. The summed E-state index contributed by atoms with van der Waals surface area (Å²) in [5.41, 5.74) is 0.235. The summed E-state index contributed by atoms with van der Waals surface area (Å²) in [7, 11) is 1.51. The summed E-state index contributed by atoms with van der Waals surface area (Å²) in [6, 6.07) is 4.56. The zero-order valence-corrected chi connectivity index (χ0v) is 10.4. The largest absolute Gasteiger partial charge is 0.507 e. The third-order valence-corrected chi connectivity index (χ3v) is 2.37. The van der Waals surface area contributed by atoms with Gasteiger partial charge in [0.05, 0.1) is 12.7 Å². The molecule has 4 nitrogen and oxygen atoms in total. The summed E-state index contributed by atoms with van der Waals surface area (Å²) in [6.45, 7) is 0.579. The van der Waals surface area contributed by atoms with E-state index in [1.165, 1.54) is 19.2 Å². The Bertz CT molecular complexity index is 355. The lowest BCUT2D eigenvalue weighted by atomic mass is 10.2. The highest BCUT2D eigenvalue weighted by atomic mass is 127. The van der Waals surface area contributed by atoms with Gasteiger partial charge >= 0.3 is 0 Å². The maximum atomic E-state index is 11.6. The number of carbonyl (C=O) groups excluding carboxylic acids is 1. The Morgan fingerprint density at radius 1 is 1.60 bits per heavy atom. The van der Waals surface area contributed by atoms with Gasteiger partial charge in [-0.1, -0.05) is 22.6 Å². The van der Waals surface area contributed by atoms with Crippen molar-refractivity contribution in [2.24, 2.45) is 0 Å². The summed E-state index contributed by atoms with van der Waals surface area (Å²) < 4.78 is 5.80. The number of phenols is 1. The Balaban J connectivity index is 2.86. The van der Waals surface area contributed by atoms with Crippen molar-refractivity contribution in [1.29, 1.82) is 0 Å². The second-order valence-corrected chi connectivity index (χ2v) is 3.91. The van der Waals surface area contributed by atoms with Crippen LogP contribution in [0.1, 0.15) is 10.4 Å². The van der Waals surface area contributed by atoms with Crippen LogP contribution in [0.25, 0.3) is 0 Å². The summed E-state index contributed by atoms with van der Waals surface area (Å²) in [6.07, 6.45) is 0. The van der Waals surface area contributed by atoms with Crippen molar-refractivity contribution in [3.63, 3.8) is 0 Å². The van der Waals surface area contributed by atoms with E-state index in [0.717, 1.165) is 4.43 Å². The van der Waals surface area contributed by atoms with Crippen molar-refractivity contribution in [1.82, 2.24) is 5.32 Å². The van der Waals surface area contributed by atoms with Crippen LogP contribution in [0.4, 0.5) is 0 Å². The average molecular weight is 321 g/mol. The minimum atomic E-state index is -0.289. The van der Waals surface area contributed by atoms with E-state index in [0.29, 0.717) is 12.3 Å². The van der Waals surface area contributed by atoms with E-state index in [-0.39, 0.29) is 17.2 Å². The molecule has 1 rings (SSSR count). The third kappa shape index (κ3) is 3.26. The van der Waals surface area contributed by atoms with Crippen LogP contribution in [0, 0.1) is 0 Å². The standard InChI is InChI=1S/C10H12INO3/c1-15-7-2-3-9(13)8(6-7)10(14)12-5-4-11/h2-3,6,13H,4-5H2,1H3,(H,12,14). The van der Waals surface area contributed by atoms with E-state index in [9.17, 15) is 9.90 Å². The monoisotopic (exact) mass is 321 g/mol. The third-order valence-electron chi connectivity index (χ3n) is 1.83. The van der Waals surface area contributed by atoms with Crippen LogP contribution in [0.15, 0.2) is 18.2 Å². The maximum Gasteiger partial charge on any atom is 0.255 e. The van der Waals surface area contributed by atoms with E-state index in [2.05, 4.69) is 27.9 Å². The molecule has 0 saturated heterocycles. The van der Waals surface area contributed by atoms with Crippen molar-refractivity contribution in [2.75, 3.05) is 18.1 Å². The Morgan fingerprint density at radius 3 is 2.93 bits per heavy atom. The first-order valence-electron chi connectivity index (χ1n) is 4.40. The van der Waals surface area contributed by atoms with Crippen LogP contribution in [-0.2, 0) is 0 Å². The summed E-state index contributed by atoms with van der Waals surface area (Å²) in [5, 5.41) is 12.2. The van der Waals surface area contributed by atoms with Crippen LogP contribution in [-0.4, -0.2) is 29.1 Å². The highest BCUT2D eigenvalue weighted by Crippen LogP contribution is 2.22. The predicted molar refractivity (Wildman–Crippen MR) is 65.9 cm³/mol. The number of alkyl halides is 1. The van der Waals surface area contributed by atoms with Gasteiger partial charge in [-0.15, -0.1) is 0 Å². The van der Waals surface area contributed by atoms with Crippen molar-refractivity contribution < 1.29 is 14.6 Å². The number of benzene rings is 1. The average Bonchev–Trinajstić information content (AvgIpc) is 2.26. The molecule has 0 unspecified atom stereocenters. The zero-order chi connectivity index (χ0) is 11.3. The number of halogens is 1. The predicted octanol–water partition coefficient (Wildman–Crippen LogP) is 1.57. The number of methoxy groups -OCH3 is 1. The number of hydrogen-bond acceptors (Lipinski definition) is 3. The van der Waals surface area contributed by atoms with Gasteiger partial charge in [0.15, 0.2) is 0 Å². The topological polar surface area (TPSA) is 58.6 Å². The van der Waals surface area contributed by atoms with Crippen LogP contribution in [0.3, 0.4) is 0 Å². The van der Waals surface area contributed by atoms with Crippen LogP contribution >= 0.6 is 22.6 Å². The van der Waals surface area contributed by atoms with Gasteiger partial charge in [-0.05, 0) is 18.2 Å². The zero-order valence-electron chi connectivity index (χ0n) is 8.29. The quantitative estimate of drug-likeness (QED) is 0.654. The normalized spacial score (nSPS) is 9.73. The molecule has 0 aliphatic carbocycles. The molecule has 0 radical (unpaired) electrons. The lowest BCUT2D eigenvalue weighted by Crippen LogP contribution is -2.25. The number of hydrogen-bond donors (Lipinski definition) is 2. The maximum absolute atomic E-state index is 11.6. The smallest absolute Gasteiger partial charge is 0.255 e. The molecule has 1 aromatic carbocycles. The molecule has 15 heavy (non-hydrogen) atoms. The van der Waals surface area contributed by atoms with Gasteiger partial charge < -0.3 is 15.2 Å². The Kier molecular flexibility index (Phi) is 4.67. The van der Waals surface area contributed by atoms with E-state index >= 15 is 0 Å². The van der Waals surface area contributed by atoms with Gasteiger partial charge in [-0.2, -0.15) is 0 Å². The van der Waals surface area contributed by atoms with Crippen molar-refractivity contribution in [3.8, 4) is 11.5 Å². The summed E-state index contributed by atoms with van der Waals surface area (Å²) in [5.74, 6) is 0.220. The molecule has 0 atom stereocenters. The first-order chi connectivity index (χ1) is 7.19. The van der Waals surface area contributed by atoms with Crippen LogP contribution in [0.5, 0.6) is 11.5 Å². The van der Waals surface area contributed by atoms with Crippen molar-refractivity contribution in [2.45, 2.75) is 0 Å². The first kappa shape index (κ1) is 12.1. The highest BCUT2D eigenvalue weighted by Gasteiger charge is 2.11. The fourth-order valence-corrected chi connectivity index (χ4v) is 1.35. The molecule has 0 bridgehead atoms. The molecular formula is C10H12INO3. The number of phenolic OH excluding ortho intramolecular Hbond substituents is 1. The number of aromatic hydroxyl groups is 1. The SMILES string of the molecule is COc1ccc(O)c(C(=O)NCCI)c1. The van der Waals surface area contributed by atoms with Gasteiger partial charge in [-0.3, -0.25) is 4.79 Å². The highest BCUT2D eigenvalue weighted by molar-refractivity contribution is 14.1. The van der Waals surface area contributed by atoms with E-state index in [1.807, 2.05) is 0 Å². The minimum Gasteiger partial charge on any atom is -0.507 e. The molecule has 0 aromatic heterocycles. The Hall–Kier alpha value is -0.980. The number of carbonyl (C=O) groups is 1. The fourth-order valence-electron chi connectivity index (χ4n) is 1.08. The minimum absolute atomic E-state index is 0.0400. The van der Waals surface area contributed by atoms with Gasteiger partial charge in [0.1, 0.15) is 11.5 Å².